The van der Waals surface area contributed by atoms with Crippen molar-refractivity contribution in [1.82, 2.24) is 0 Å². The van der Waals surface area contributed by atoms with Gasteiger partial charge in [0.25, 0.3) is 0 Å². The third-order valence-corrected chi connectivity index (χ3v) is 5.16. The SMILES string of the molecule is O=C(OC[C@H]1O[C@@H](OC(=O)c2ccccc2)[C@H](O)[C@@H]1OC(=O)c1ccccc1)c1ccccc1. The lowest BCUT2D eigenvalue weighted by atomic mass is 10.1. The number of carbonyl (C=O) groups excluding carboxylic acids is 3. The summed E-state index contributed by atoms with van der Waals surface area (Å²) in [5, 5.41) is 10.8. The molecule has 1 aliphatic heterocycles. The van der Waals surface area contributed by atoms with Crippen molar-refractivity contribution in [1.29, 1.82) is 0 Å². The zero-order valence-electron chi connectivity index (χ0n) is 18.0. The van der Waals surface area contributed by atoms with Gasteiger partial charge >= 0.3 is 17.9 Å². The topological polar surface area (TPSA) is 108 Å². The number of carbonyl (C=O) groups is 3. The van der Waals surface area contributed by atoms with Gasteiger partial charge in [-0.3, -0.25) is 0 Å². The molecule has 0 aromatic heterocycles. The standard InChI is InChI=1S/C26H22O8/c27-21-22(33-24(29)18-12-6-2-7-13-18)20(16-31-23(28)17-10-4-1-5-11-17)32-26(21)34-25(30)19-14-8-3-9-15-19/h1-15,20-22,26-27H,16H2/t20-,21-,22-,26+/m1/s1. The van der Waals surface area contributed by atoms with E-state index in [0.29, 0.717) is 5.56 Å². The molecule has 1 heterocycles. The second-order valence-electron chi connectivity index (χ2n) is 7.51. The van der Waals surface area contributed by atoms with Gasteiger partial charge in [-0.2, -0.15) is 0 Å². The van der Waals surface area contributed by atoms with Gasteiger partial charge in [0.05, 0.1) is 16.7 Å². The maximum Gasteiger partial charge on any atom is 0.340 e. The molecular weight excluding hydrogens is 440 g/mol. The van der Waals surface area contributed by atoms with Crippen LogP contribution >= 0.6 is 0 Å². The van der Waals surface area contributed by atoms with Crippen molar-refractivity contribution < 1.29 is 38.4 Å². The monoisotopic (exact) mass is 462 g/mol. The first-order valence-electron chi connectivity index (χ1n) is 10.6. The summed E-state index contributed by atoms with van der Waals surface area (Å²) < 4.78 is 21.8. The molecule has 3 aromatic rings. The maximum atomic E-state index is 12.6. The highest BCUT2D eigenvalue weighted by molar-refractivity contribution is 5.90. The normalized spacial score (nSPS) is 21.4. The molecule has 0 bridgehead atoms. The second kappa shape index (κ2) is 10.7. The number of benzene rings is 3. The Morgan fingerprint density at radius 3 is 1.62 bits per heavy atom. The van der Waals surface area contributed by atoms with E-state index >= 15 is 0 Å². The van der Waals surface area contributed by atoms with Gasteiger partial charge in [-0.05, 0) is 36.4 Å². The van der Waals surface area contributed by atoms with Crippen LogP contribution in [0.3, 0.4) is 0 Å². The number of ether oxygens (including phenoxy) is 4. The fourth-order valence-electron chi connectivity index (χ4n) is 3.41. The van der Waals surface area contributed by atoms with Crippen LogP contribution in [0, 0.1) is 0 Å². The highest BCUT2D eigenvalue weighted by Gasteiger charge is 2.49. The Morgan fingerprint density at radius 1 is 0.676 bits per heavy atom. The number of rotatable bonds is 7. The van der Waals surface area contributed by atoms with Gasteiger partial charge in [0.2, 0.25) is 6.29 Å². The van der Waals surface area contributed by atoms with Crippen molar-refractivity contribution in [3.8, 4) is 0 Å². The summed E-state index contributed by atoms with van der Waals surface area (Å²) >= 11 is 0. The van der Waals surface area contributed by atoms with Gasteiger partial charge in [-0.15, -0.1) is 0 Å². The quantitative estimate of drug-likeness (QED) is 0.422. The zero-order chi connectivity index (χ0) is 23.9. The van der Waals surface area contributed by atoms with Crippen molar-refractivity contribution in [3.05, 3.63) is 108 Å². The van der Waals surface area contributed by atoms with Crippen LogP contribution < -0.4 is 0 Å². The van der Waals surface area contributed by atoms with Gasteiger partial charge in [-0.1, -0.05) is 54.6 Å². The number of aliphatic hydroxyl groups is 1. The Kier molecular flexibility index (Phi) is 7.31. The fourth-order valence-corrected chi connectivity index (χ4v) is 3.41. The summed E-state index contributed by atoms with van der Waals surface area (Å²) in [6, 6.07) is 24.7. The molecule has 8 nitrogen and oxygen atoms in total. The molecule has 0 amide bonds. The minimum absolute atomic E-state index is 0.259. The minimum Gasteiger partial charge on any atom is -0.459 e. The third-order valence-electron chi connectivity index (χ3n) is 5.16. The lowest BCUT2D eigenvalue weighted by molar-refractivity contribution is -0.139. The van der Waals surface area contributed by atoms with Gasteiger partial charge in [0.1, 0.15) is 12.7 Å². The summed E-state index contributed by atoms with van der Waals surface area (Å²) in [7, 11) is 0. The Balaban J connectivity index is 1.47. The summed E-state index contributed by atoms with van der Waals surface area (Å²) in [4.78, 5) is 37.4. The highest BCUT2D eigenvalue weighted by atomic mass is 16.7. The van der Waals surface area contributed by atoms with E-state index < -0.39 is 42.5 Å². The first-order valence-corrected chi connectivity index (χ1v) is 10.6. The fraction of sp³-hybridized carbons (Fsp3) is 0.192. The van der Waals surface area contributed by atoms with Crippen LogP contribution in [-0.4, -0.2) is 54.2 Å². The molecule has 0 aliphatic carbocycles. The maximum absolute atomic E-state index is 12.6. The van der Waals surface area contributed by atoms with E-state index in [2.05, 4.69) is 0 Å². The molecule has 0 unspecified atom stereocenters. The molecule has 0 radical (unpaired) electrons. The van der Waals surface area contributed by atoms with Crippen LogP contribution in [0.2, 0.25) is 0 Å². The van der Waals surface area contributed by atoms with E-state index in [9.17, 15) is 19.5 Å². The molecule has 1 fully saturated rings. The molecule has 8 heteroatoms. The van der Waals surface area contributed by atoms with Crippen molar-refractivity contribution >= 4 is 17.9 Å². The van der Waals surface area contributed by atoms with Gasteiger partial charge < -0.3 is 24.1 Å². The summed E-state index contributed by atoms with van der Waals surface area (Å²) in [6.45, 7) is -0.336. The van der Waals surface area contributed by atoms with E-state index in [0.717, 1.165) is 0 Å². The van der Waals surface area contributed by atoms with Crippen molar-refractivity contribution in [3.63, 3.8) is 0 Å². The average molecular weight is 462 g/mol. The number of esters is 3. The molecular formula is C26H22O8. The molecule has 4 atom stereocenters. The third kappa shape index (κ3) is 5.48. The minimum atomic E-state index is -1.50. The smallest absolute Gasteiger partial charge is 0.340 e. The Labute approximate surface area is 195 Å². The van der Waals surface area contributed by atoms with Crippen LogP contribution in [0.5, 0.6) is 0 Å². The summed E-state index contributed by atoms with van der Waals surface area (Å²) in [5.41, 5.74) is 0.848. The van der Waals surface area contributed by atoms with Crippen LogP contribution in [0.15, 0.2) is 91.0 Å². The number of hydrogen-bond acceptors (Lipinski definition) is 8. The lowest BCUT2D eigenvalue weighted by Crippen LogP contribution is -2.40. The van der Waals surface area contributed by atoms with E-state index in [1.165, 1.54) is 0 Å². The van der Waals surface area contributed by atoms with Gasteiger partial charge in [0, 0.05) is 0 Å². The average Bonchev–Trinajstić information content (AvgIpc) is 3.17. The van der Waals surface area contributed by atoms with Crippen molar-refractivity contribution in [2.45, 2.75) is 24.6 Å². The van der Waals surface area contributed by atoms with E-state index in [-0.39, 0.29) is 17.7 Å². The second-order valence-corrected chi connectivity index (χ2v) is 7.51. The van der Waals surface area contributed by atoms with Crippen LogP contribution in [0.1, 0.15) is 31.1 Å². The first-order chi connectivity index (χ1) is 16.5. The highest BCUT2D eigenvalue weighted by Crippen LogP contribution is 2.27. The molecule has 3 aromatic carbocycles. The molecule has 0 spiro atoms. The van der Waals surface area contributed by atoms with Gasteiger partial charge in [0.15, 0.2) is 12.2 Å². The molecule has 174 valence electrons. The molecule has 0 saturated carbocycles. The predicted octanol–water partition coefficient (Wildman–Crippen LogP) is 3.01. The van der Waals surface area contributed by atoms with E-state index in [4.69, 9.17) is 18.9 Å². The van der Waals surface area contributed by atoms with Crippen molar-refractivity contribution in [2.24, 2.45) is 0 Å². The Morgan fingerprint density at radius 2 is 1.12 bits per heavy atom. The molecule has 34 heavy (non-hydrogen) atoms. The summed E-state index contributed by atoms with van der Waals surface area (Å²) in [6.07, 6.45) is -5.24. The molecule has 1 saturated heterocycles. The van der Waals surface area contributed by atoms with Crippen molar-refractivity contribution in [2.75, 3.05) is 6.61 Å². The van der Waals surface area contributed by atoms with Crippen LogP contribution in [0.25, 0.3) is 0 Å². The first kappa shape index (κ1) is 23.2. The molecule has 1 N–H and O–H groups in total. The Hall–Kier alpha value is -4.01. The lowest BCUT2D eigenvalue weighted by Gasteiger charge is -2.20. The van der Waals surface area contributed by atoms with Gasteiger partial charge in [-0.25, -0.2) is 14.4 Å². The number of hydrogen-bond donors (Lipinski definition) is 1. The zero-order valence-corrected chi connectivity index (χ0v) is 18.0. The molecule has 1 aliphatic rings. The largest absolute Gasteiger partial charge is 0.459 e. The summed E-state index contributed by atoms with van der Waals surface area (Å²) in [5.74, 6) is -2.04. The predicted molar refractivity (Wildman–Crippen MR) is 119 cm³/mol. The molecule has 4 rings (SSSR count). The van der Waals surface area contributed by atoms with Crippen LogP contribution in [-0.2, 0) is 18.9 Å². The number of aliphatic hydroxyl groups excluding tert-OH is 1. The van der Waals surface area contributed by atoms with Crippen LogP contribution in [0.4, 0.5) is 0 Å². The Bertz CT molecular complexity index is 1120. The van der Waals surface area contributed by atoms with E-state index in [1.807, 2.05) is 0 Å². The van der Waals surface area contributed by atoms with E-state index in [1.54, 1.807) is 91.0 Å².